The van der Waals surface area contributed by atoms with Crippen molar-refractivity contribution >= 4 is 0 Å². The molecule has 0 amide bonds. The SMILES string of the molecule is C/C=C/CCNC(C)C(C)CC. The summed E-state index contributed by atoms with van der Waals surface area (Å²) in [5.41, 5.74) is 0. The maximum Gasteiger partial charge on any atom is 0.00643 e. The molecule has 0 saturated heterocycles. The van der Waals surface area contributed by atoms with Crippen molar-refractivity contribution in [2.45, 2.75) is 46.6 Å². The minimum absolute atomic E-state index is 0.653. The fourth-order valence-corrected chi connectivity index (χ4v) is 1.12. The zero-order chi connectivity index (χ0) is 9.40. The van der Waals surface area contributed by atoms with Crippen molar-refractivity contribution < 1.29 is 0 Å². The maximum atomic E-state index is 3.52. The second-order valence-corrected chi connectivity index (χ2v) is 3.49. The third kappa shape index (κ3) is 5.36. The third-order valence-electron chi connectivity index (χ3n) is 2.51. The van der Waals surface area contributed by atoms with Crippen molar-refractivity contribution in [1.82, 2.24) is 5.32 Å². The molecule has 2 unspecified atom stereocenters. The molecule has 1 nitrogen and oxygen atoms in total. The van der Waals surface area contributed by atoms with E-state index in [4.69, 9.17) is 0 Å². The third-order valence-corrected chi connectivity index (χ3v) is 2.51. The number of allylic oxidation sites excluding steroid dienone is 1. The van der Waals surface area contributed by atoms with Crippen molar-refractivity contribution in [3.8, 4) is 0 Å². The van der Waals surface area contributed by atoms with Gasteiger partial charge in [-0.15, -0.1) is 0 Å². The van der Waals surface area contributed by atoms with Crippen LogP contribution >= 0.6 is 0 Å². The first kappa shape index (κ1) is 11.7. The summed E-state index contributed by atoms with van der Waals surface area (Å²) in [6.07, 6.45) is 6.72. The van der Waals surface area contributed by atoms with Crippen LogP contribution in [-0.4, -0.2) is 12.6 Å². The van der Waals surface area contributed by atoms with Crippen LogP contribution < -0.4 is 5.32 Å². The summed E-state index contributed by atoms with van der Waals surface area (Å²) < 4.78 is 0. The zero-order valence-corrected chi connectivity index (χ0v) is 8.93. The minimum Gasteiger partial charge on any atom is -0.314 e. The van der Waals surface area contributed by atoms with Crippen molar-refractivity contribution in [3.05, 3.63) is 12.2 Å². The van der Waals surface area contributed by atoms with Crippen LogP contribution in [0, 0.1) is 5.92 Å². The fourth-order valence-electron chi connectivity index (χ4n) is 1.12. The van der Waals surface area contributed by atoms with Crippen LogP contribution in [-0.2, 0) is 0 Å². The van der Waals surface area contributed by atoms with Gasteiger partial charge in [-0.1, -0.05) is 32.4 Å². The molecule has 1 N–H and O–H groups in total. The van der Waals surface area contributed by atoms with Crippen LogP contribution in [0.25, 0.3) is 0 Å². The Hall–Kier alpha value is -0.300. The van der Waals surface area contributed by atoms with Gasteiger partial charge in [-0.2, -0.15) is 0 Å². The largest absolute Gasteiger partial charge is 0.314 e. The van der Waals surface area contributed by atoms with Crippen LogP contribution in [0.2, 0.25) is 0 Å². The van der Waals surface area contributed by atoms with E-state index in [0.29, 0.717) is 6.04 Å². The summed E-state index contributed by atoms with van der Waals surface area (Å²) in [5, 5.41) is 3.52. The molecule has 0 rings (SSSR count). The van der Waals surface area contributed by atoms with E-state index in [2.05, 4.69) is 45.2 Å². The summed E-state index contributed by atoms with van der Waals surface area (Å²) in [4.78, 5) is 0. The molecule has 0 saturated carbocycles. The molecule has 0 aromatic heterocycles. The van der Waals surface area contributed by atoms with Gasteiger partial charge < -0.3 is 5.32 Å². The standard InChI is InChI=1S/C11H23N/c1-5-7-8-9-12-11(4)10(3)6-2/h5,7,10-12H,6,8-9H2,1-4H3/b7-5+. The van der Waals surface area contributed by atoms with Crippen LogP contribution in [0.3, 0.4) is 0 Å². The molecule has 0 aliphatic heterocycles. The van der Waals surface area contributed by atoms with Crippen LogP contribution in [0.4, 0.5) is 0 Å². The van der Waals surface area contributed by atoms with E-state index in [0.717, 1.165) is 18.9 Å². The first-order chi connectivity index (χ1) is 5.72. The zero-order valence-electron chi connectivity index (χ0n) is 8.93. The molecular formula is C11H23N. The lowest BCUT2D eigenvalue weighted by Gasteiger charge is -2.19. The quantitative estimate of drug-likeness (QED) is 0.476. The van der Waals surface area contributed by atoms with Crippen LogP contribution in [0.1, 0.15) is 40.5 Å². The van der Waals surface area contributed by atoms with Gasteiger partial charge >= 0.3 is 0 Å². The van der Waals surface area contributed by atoms with Crippen molar-refractivity contribution in [2.24, 2.45) is 5.92 Å². The van der Waals surface area contributed by atoms with Gasteiger partial charge in [0.1, 0.15) is 0 Å². The van der Waals surface area contributed by atoms with Gasteiger partial charge in [0.2, 0.25) is 0 Å². The Balaban J connectivity index is 3.36. The predicted molar refractivity (Wildman–Crippen MR) is 56.4 cm³/mol. The molecule has 0 radical (unpaired) electrons. The van der Waals surface area contributed by atoms with Gasteiger partial charge in [-0.25, -0.2) is 0 Å². The lowest BCUT2D eigenvalue weighted by molar-refractivity contribution is 0.394. The monoisotopic (exact) mass is 169 g/mol. The average Bonchev–Trinajstić information content (AvgIpc) is 2.10. The molecule has 0 bridgehead atoms. The fraction of sp³-hybridized carbons (Fsp3) is 0.818. The Labute approximate surface area is 77.2 Å². The summed E-state index contributed by atoms with van der Waals surface area (Å²) in [7, 11) is 0. The van der Waals surface area contributed by atoms with Crippen LogP contribution in [0.5, 0.6) is 0 Å². The Morgan fingerprint density at radius 1 is 1.33 bits per heavy atom. The Bertz CT molecular complexity index is 118. The molecule has 0 aliphatic carbocycles. The number of hydrogen-bond acceptors (Lipinski definition) is 1. The highest BCUT2D eigenvalue weighted by molar-refractivity contribution is 4.78. The molecule has 0 heterocycles. The van der Waals surface area contributed by atoms with Gasteiger partial charge in [-0.3, -0.25) is 0 Å². The number of rotatable bonds is 6. The molecule has 0 fully saturated rings. The van der Waals surface area contributed by atoms with Gasteiger partial charge in [0.05, 0.1) is 0 Å². The summed E-state index contributed by atoms with van der Waals surface area (Å²) >= 11 is 0. The summed E-state index contributed by atoms with van der Waals surface area (Å²) in [5.74, 6) is 0.788. The van der Waals surface area contributed by atoms with Gasteiger partial charge in [0.25, 0.3) is 0 Å². The first-order valence-corrected chi connectivity index (χ1v) is 5.06. The van der Waals surface area contributed by atoms with Crippen molar-refractivity contribution in [1.29, 1.82) is 0 Å². The summed E-state index contributed by atoms with van der Waals surface area (Å²) in [6, 6.07) is 0.653. The summed E-state index contributed by atoms with van der Waals surface area (Å²) in [6.45, 7) is 9.99. The molecular weight excluding hydrogens is 146 g/mol. The lowest BCUT2D eigenvalue weighted by Crippen LogP contribution is -2.32. The van der Waals surface area contributed by atoms with E-state index in [9.17, 15) is 0 Å². The lowest BCUT2D eigenvalue weighted by atomic mass is 10.0. The predicted octanol–water partition coefficient (Wildman–Crippen LogP) is 2.98. The molecule has 2 atom stereocenters. The van der Waals surface area contributed by atoms with Gasteiger partial charge in [0, 0.05) is 6.04 Å². The highest BCUT2D eigenvalue weighted by Crippen LogP contribution is 2.06. The topological polar surface area (TPSA) is 12.0 Å². The molecule has 0 aromatic carbocycles. The minimum atomic E-state index is 0.653. The molecule has 72 valence electrons. The van der Waals surface area contributed by atoms with E-state index in [1.807, 2.05) is 0 Å². The normalized spacial score (nSPS) is 16.7. The maximum absolute atomic E-state index is 3.52. The Kier molecular flexibility index (Phi) is 7.17. The molecule has 12 heavy (non-hydrogen) atoms. The molecule has 1 heteroatoms. The van der Waals surface area contributed by atoms with Crippen LogP contribution in [0.15, 0.2) is 12.2 Å². The molecule has 0 spiro atoms. The Morgan fingerprint density at radius 2 is 2.00 bits per heavy atom. The Morgan fingerprint density at radius 3 is 2.50 bits per heavy atom. The second-order valence-electron chi connectivity index (χ2n) is 3.49. The number of nitrogens with one attached hydrogen (secondary N) is 1. The van der Waals surface area contributed by atoms with Gasteiger partial charge in [0.15, 0.2) is 0 Å². The highest BCUT2D eigenvalue weighted by atomic mass is 14.9. The highest BCUT2D eigenvalue weighted by Gasteiger charge is 2.07. The average molecular weight is 169 g/mol. The van der Waals surface area contributed by atoms with Crippen molar-refractivity contribution in [3.63, 3.8) is 0 Å². The van der Waals surface area contributed by atoms with Crippen molar-refractivity contribution in [2.75, 3.05) is 6.54 Å². The molecule has 0 aliphatic rings. The second kappa shape index (κ2) is 7.35. The van der Waals surface area contributed by atoms with E-state index in [1.165, 1.54) is 6.42 Å². The van der Waals surface area contributed by atoms with E-state index >= 15 is 0 Å². The molecule has 0 aromatic rings. The van der Waals surface area contributed by atoms with E-state index in [-0.39, 0.29) is 0 Å². The van der Waals surface area contributed by atoms with Gasteiger partial charge in [-0.05, 0) is 32.7 Å². The van der Waals surface area contributed by atoms with E-state index in [1.54, 1.807) is 0 Å². The first-order valence-electron chi connectivity index (χ1n) is 5.06. The van der Waals surface area contributed by atoms with E-state index < -0.39 is 0 Å². The smallest absolute Gasteiger partial charge is 0.00643 e. The number of hydrogen-bond donors (Lipinski definition) is 1.